The number of ketones is 1. The van der Waals surface area contributed by atoms with Gasteiger partial charge in [0.1, 0.15) is 24.7 Å². The number of aliphatic hydroxyl groups is 1. The maximum atomic E-state index is 13.5. The maximum Gasteiger partial charge on any atom is 0.301 e. The van der Waals surface area contributed by atoms with E-state index in [1.165, 1.54) is 33.6 Å². The number of carbonyl (C=O) groups excluding carboxylic acids is 2. The van der Waals surface area contributed by atoms with Crippen LogP contribution in [-0.2, 0) is 15.3 Å². The molecule has 11 heteroatoms. The highest BCUT2D eigenvalue weighted by molar-refractivity contribution is 8.00. The lowest BCUT2D eigenvalue weighted by atomic mass is 9.95. The Hall–Kier alpha value is -4.35. The summed E-state index contributed by atoms with van der Waals surface area (Å²) in [7, 11) is 1.56. The molecule has 1 N–H and O–H groups in total. The number of nitrogens with zero attached hydrogens (tertiary/aromatic N) is 3. The van der Waals surface area contributed by atoms with Gasteiger partial charge in [0.15, 0.2) is 15.8 Å². The first-order chi connectivity index (χ1) is 19.9. The van der Waals surface area contributed by atoms with Crippen LogP contribution in [0.4, 0.5) is 5.13 Å². The van der Waals surface area contributed by atoms with Crippen molar-refractivity contribution < 1.29 is 28.9 Å². The van der Waals surface area contributed by atoms with Gasteiger partial charge in [0.05, 0.1) is 18.7 Å². The average molecular weight is 588 g/mol. The Kier molecular flexibility index (Phi) is 7.38. The number of ether oxygens (including phenoxy) is 3. The van der Waals surface area contributed by atoms with Gasteiger partial charge in [-0.3, -0.25) is 14.5 Å². The van der Waals surface area contributed by atoms with E-state index >= 15 is 0 Å². The summed E-state index contributed by atoms with van der Waals surface area (Å²) in [5, 5.41) is 20.3. The molecule has 0 radical (unpaired) electrons. The number of aromatic nitrogens is 2. The molecule has 0 aliphatic carbocycles. The van der Waals surface area contributed by atoms with Gasteiger partial charge in [0.25, 0.3) is 5.78 Å². The molecule has 3 heterocycles. The average Bonchev–Trinajstić information content (AvgIpc) is 3.58. The molecule has 1 aromatic heterocycles. The van der Waals surface area contributed by atoms with Crippen LogP contribution in [0.1, 0.15) is 28.3 Å². The highest BCUT2D eigenvalue weighted by Gasteiger charge is 2.48. The Morgan fingerprint density at radius 2 is 1.76 bits per heavy atom. The summed E-state index contributed by atoms with van der Waals surface area (Å²) < 4.78 is 17.2. The molecule has 3 aromatic carbocycles. The first kappa shape index (κ1) is 26.9. The third kappa shape index (κ3) is 5.25. The summed E-state index contributed by atoms with van der Waals surface area (Å²) in [6.45, 7) is 2.83. The van der Waals surface area contributed by atoms with Crippen molar-refractivity contribution >= 4 is 45.7 Å². The topological polar surface area (TPSA) is 111 Å². The van der Waals surface area contributed by atoms with Gasteiger partial charge in [-0.05, 0) is 48.4 Å². The molecule has 9 nitrogen and oxygen atoms in total. The Morgan fingerprint density at radius 1 is 1.02 bits per heavy atom. The van der Waals surface area contributed by atoms with Gasteiger partial charge in [-0.2, -0.15) is 0 Å². The predicted molar refractivity (Wildman–Crippen MR) is 156 cm³/mol. The number of fused-ring (bicyclic) bond motifs is 1. The second-order valence-electron chi connectivity index (χ2n) is 9.43. The van der Waals surface area contributed by atoms with Crippen molar-refractivity contribution in [1.82, 2.24) is 10.2 Å². The summed E-state index contributed by atoms with van der Waals surface area (Å²) >= 11 is 2.72. The molecule has 1 amide bonds. The fourth-order valence-corrected chi connectivity index (χ4v) is 6.49. The molecule has 4 aromatic rings. The molecule has 0 bridgehead atoms. The smallest absolute Gasteiger partial charge is 0.301 e. The van der Waals surface area contributed by atoms with Crippen LogP contribution in [0.3, 0.4) is 0 Å². The number of amides is 1. The Bertz CT molecular complexity index is 1650. The SMILES string of the molecule is COc1ccc([C@H]2/C(=C(\O)c3ccc4c(c3)OCCO4)C(=O)C(=O)N2c2nnc(SCc3ccc(C)cc3)s2)cc1. The van der Waals surface area contributed by atoms with Gasteiger partial charge in [-0.1, -0.05) is 65.1 Å². The zero-order valence-electron chi connectivity index (χ0n) is 22.2. The molecule has 0 unspecified atom stereocenters. The largest absolute Gasteiger partial charge is 0.507 e. The van der Waals surface area contributed by atoms with Gasteiger partial charge < -0.3 is 19.3 Å². The minimum atomic E-state index is -0.933. The van der Waals surface area contributed by atoms with E-state index in [-0.39, 0.29) is 16.5 Å². The summed E-state index contributed by atoms with van der Waals surface area (Å²) in [5.74, 6) is 0.364. The zero-order valence-corrected chi connectivity index (χ0v) is 23.8. The van der Waals surface area contributed by atoms with Crippen LogP contribution in [0.25, 0.3) is 5.76 Å². The lowest BCUT2D eigenvalue weighted by molar-refractivity contribution is -0.132. The standard InChI is InChI=1S/C30H25N3O6S2/c1-17-3-5-18(6-4-17)16-40-30-32-31-29(41-30)33-25(19-7-10-21(37-2)11-8-19)24(27(35)28(33)36)26(34)20-9-12-22-23(15-20)39-14-13-38-22/h3-12,15,25,34H,13-14,16H2,1-2H3/b26-24+/t25-/m0/s1. The minimum absolute atomic E-state index is 0.0547. The van der Waals surface area contributed by atoms with Crippen LogP contribution in [0.2, 0.25) is 0 Å². The van der Waals surface area contributed by atoms with E-state index < -0.39 is 17.7 Å². The lowest BCUT2D eigenvalue weighted by Crippen LogP contribution is -2.29. The summed E-state index contributed by atoms with van der Waals surface area (Å²) in [6, 6.07) is 19.2. The number of benzene rings is 3. The molecule has 0 spiro atoms. The molecule has 2 aliphatic rings. The number of hydrogen-bond donors (Lipinski definition) is 1. The van der Waals surface area contributed by atoms with Crippen LogP contribution in [-0.4, -0.2) is 47.3 Å². The second-order valence-corrected chi connectivity index (χ2v) is 11.6. The van der Waals surface area contributed by atoms with Crippen LogP contribution in [0.15, 0.2) is 76.6 Å². The quantitative estimate of drug-likeness (QED) is 0.0979. The normalized spacial score (nSPS) is 17.6. The molecule has 1 fully saturated rings. The van der Waals surface area contributed by atoms with Crippen LogP contribution in [0.5, 0.6) is 17.2 Å². The van der Waals surface area contributed by atoms with Crippen molar-refractivity contribution in [3.8, 4) is 17.2 Å². The third-order valence-electron chi connectivity index (χ3n) is 6.78. The molecular weight excluding hydrogens is 562 g/mol. The first-order valence-electron chi connectivity index (χ1n) is 12.8. The number of thioether (sulfide) groups is 1. The number of rotatable bonds is 7. The minimum Gasteiger partial charge on any atom is -0.507 e. The Morgan fingerprint density at radius 3 is 2.49 bits per heavy atom. The van der Waals surface area contributed by atoms with Gasteiger partial charge >= 0.3 is 5.91 Å². The fourth-order valence-electron chi connectivity index (χ4n) is 4.67. The zero-order chi connectivity index (χ0) is 28.5. The van der Waals surface area contributed by atoms with E-state index in [1.807, 2.05) is 6.92 Å². The molecular formula is C30H25N3O6S2. The molecule has 0 saturated carbocycles. The van der Waals surface area contributed by atoms with Crippen LogP contribution in [0, 0.1) is 6.92 Å². The van der Waals surface area contributed by atoms with Crippen molar-refractivity contribution in [2.45, 2.75) is 23.1 Å². The number of carbonyl (C=O) groups is 2. The van der Waals surface area contributed by atoms with Crippen molar-refractivity contribution in [3.63, 3.8) is 0 Å². The number of aryl methyl sites for hydroxylation is 1. The number of anilines is 1. The lowest BCUT2D eigenvalue weighted by Gasteiger charge is -2.23. The van der Waals surface area contributed by atoms with E-state index in [1.54, 1.807) is 49.6 Å². The highest BCUT2D eigenvalue weighted by Crippen LogP contribution is 2.45. The van der Waals surface area contributed by atoms with E-state index in [0.717, 1.165) is 5.56 Å². The summed E-state index contributed by atoms with van der Waals surface area (Å²) in [4.78, 5) is 28.3. The van der Waals surface area contributed by atoms with E-state index in [4.69, 9.17) is 14.2 Å². The molecule has 41 heavy (non-hydrogen) atoms. The Balaban J connectivity index is 1.38. The van der Waals surface area contributed by atoms with E-state index in [0.29, 0.717) is 51.7 Å². The van der Waals surface area contributed by atoms with Crippen LogP contribution >= 0.6 is 23.1 Å². The van der Waals surface area contributed by atoms with Gasteiger partial charge in [-0.25, -0.2) is 0 Å². The molecule has 1 atom stereocenters. The summed E-state index contributed by atoms with van der Waals surface area (Å²) in [5.41, 5.74) is 3.20. The molecule has 1 saturated heterocycles. The number of hydrogen-bond acceptors (Lipinski definition) is 10. The molecule has 6 rings (SSSR count). The summed E-state index contributed by atoms with van der Waals surface area (Å²) in [6.07, 6.45) is 0. The van der Waals surface area contributed by atoms with Gasteiger partial charge in [0.2, 0.25) is 5.13 Å². The van der Waals surface area contributed by atoms with Crippen LogP contribution < -0.4 is 19.1 Å². The fraction of sp³-hybridized carbons (Fsp3) is 0.200. The number of methoxy groups -OCH3 is 1. The van der Waals surface area contributed by atoms with Crippen molar-refractivity contribution in [3.05, 3.63) is 94.6 Å². The third-order valence-corrected chi connectivity index (χ3v) is 8.90. The van der Waals surface area contributed by atoms with Crippen molar-refractivity contribution in [2.75, 3.05) is 25.2 Å². The second kappa shape index (κ2) is 11.3. The number of Topliss-reactive ketones (excluding diaryl/α,β-unsaturated/α-hetero) is 1. The maximum absolute atomic E-state index is 13.5. The predicted octanol–water partition coefficient (Wildman–Crippen LogP) is 5.54. The van der Waals surface area contributed by atoms with E-state index in [2.05, 4.69) is 34.5 Å². The molecule has 208 valence electrons. The van der Waals surface area contributed by atoms with Gasteiger partial charge in [0, 0.05) is 11.3 Å². The molecule has 2 aliphatic heterocycles. The first-order valence-corrected chi connectivity index (χ1v) is 14.6. The number of aliphatic hydroxyl groups excluding tert-OH is 1. The monoisotopic (exact) mass is 587 g/mol. The van der Waals surface area contributed by atoms with Gasteiger partial charge in [-0.15, -0.1) is 10.2 Å². The highest BCUT2D eigenvalue weighted by atomic mass is 32.2. The van der Waals surface area contributed by atoms with Crippen molar-refractivity contribution in [2.24, 2.45) is 0 Å². The van der Waals surface area contributed by atoms with Crippen molar-refractivity contribution in [1.29, 1.82) is 0 Å². The Labute approximate surface area is 244 Å². The van der Waals surface area contributed by atoms with E-state index in [9.17, 15) is 14.7 Å².